The van der Waals surface area contributed by atoms with Crippen LogP contribution in [0.4, 0.5) is 0 Å². The average Bonchev–Trinajstić information content (AvgIpc) is 3.00. The van der Waals surface area contributed by atoms with Crippen LogP contribution in [0.1, 0.15) is 136 Å². The fraction of sp³-hybridized carbons (Fsp3) is 0.714. The SMILES string of the molecule is CC/C=C\C/C=C\C/C=C\CCCCCC(=O)OC(CCCCCC)CCCCCCC(=O)NCC(=O)NC(CO)C(=O)O. The summed E-state index contributed by atoms with van der Waals surface area (Å²) >= 11 is 0. The van der Waals surface area contributed by atoms with Crippen LogP contribution < -0.4 is 10.6 Å². The standard InChI is InChI=1S/C35H60N2O7/c1-3-5-7-9-10-11-12-13-14-15-16-17-23-27-34(41)44-30(24-20-8-6-4-2)25-21-18-19-22-26-32(39)36-28-33(40)37-31(29-38)35(42)43/h5,7,10-11,13-14,30-31,38H,3-4,6,8-9,12,15-29H2,1-2H3,(H,36,39)(H,37,40)(H,42,43)/b7-5-,11-10-,14-13-. The molecule has 44 heavy (non-hydrogen) atoms. The normalized spacial score (nSPS) is 13.0. The summed E-state index contributed by atoms with van der Waals surface area (Å²) in [6.45, 7) is 3.26. The van der Waals surface area contributed by atoms with E-state index in [-0.39, 0.29) is 30.9 Å². The number of aliphatic hydroxyl groups is 1. The van der Waals surface area contributed by atoms with E-state index in [0.717, 1.165) is 96.3 Å². The Hall–Kier alpha value is -2.94. The third-order valence-electron chi connectivity index (χ3n) is 7.15. The van der Waals surface area contributed by atoms with Gasteiger partial charge >= 0.3 is 11.9 Å². The highest BCUT2D eigenvalue weighted by atomic mass is 16.5. The van der Waals surface area contributed by atoms with Gasteiger partial charge in [0.1, 0.15) is 12.1 Å². The van der Waals surface area contributed by atoms with E-state index in [2.05, 4.69) is 60.9 Å². The Labute approximate surface area is 266 Å². The summed E-state index contributed by atoms with van der Waals surface area (Å²) in [5.41, 5.74) is 0. The predicted octanol–water partition coefficient (Wildman–Crippen LogP) is 6.70. The van der Waals surface area contributed by atoms with Crippen molar-refractivity contribution >= 4 is 23.8 Å². The molecule has 0 fully saturated rings. The summed E-state index contributed by atoms with van der Waals surface area (Å²) in [6.07, 6.45) is 30.5. The smallest absolute Gasteiger partial charge is 0.328 e. The van der Waals surface area contributed by atoms with Crippen LogP contribution in [0.15, 0.2) is 36.5 Å². The maximum Gasteiger partial charge on any atom is 0.328 e. The van der Waals surface area contributed by atoms with Crippen LogP contribution in [0.25, 0.3) is 0 Å². The fourth-order valence-electron chi connectivity index (χ4n) is 4.55. The number of aliphatic carboxylic acids is 1. The molecular formula is C35H60N2O7. The highest BCUT2D eigenvalue weighted by Crippen LogP contribution is 2.17. The van der Waals surface area contributed by atoms with Crippen LogP contribution >= 0.6 is 0 Å². The Morgan fingerprint density at radius 1 is 0.705 bits per heavy atom. The van der Waals surface area contributed by atoms with E-state index < -0.39 is 24.5 Å². The van der Waals surface area contributed by atoms with Crippen LogP contribution in [-0.4, -0.2) is 59.3 Å². The minimum absolute atomic E-state index is 0.0526. The van der Waals surface area contributed by atoms with Gasteiger partial charge in [-0.25, -0.2) is 4.79 Å². The molecule has 0 rings (SSSR count). The first-order valence-corrected chi connectivity index (χ1v) is 16.9. The van der Waals surface area contributed by atoms with Gasteiger partial charge in [0.15, 0.2) is 0 Å². The van der Waals surface area contributed by atoms with E-state index in [1.807, 2.05) is 0 Å². The highest BCUT2D eigenvalue weighted by Gasteiger charge is 2.19. The van der Waals surface area contributed by atoms with Crippen LogP contribution in [0, 0.1) is 0 Å². The molecule has 0 saturated heterocycles. The zero-order valence-electron chi connectivity index (χ0n) is 27.4. The van der Waals surface area contributed by atoms with Crippen LogP contribution in [0.5, 0.6) is 0 Å². The van der Waals surface area contributed by atoms with Crippen molar-refractivity contribution in [1.82, 2.24) is 10.6 Å². The first kappa shape index (κ1) is 41.1. The molecule has 0 radical (unpaired) electrons. The molecule has 0 saturated carbocycles. The molecular weight excluding hydrogens is 560 g/mol. The number of rotatable bonds is 29. The minimum atomic E-state index is -1.39. The molecule has 0 aliphatic heterocycles. The second kappa shape index (κ2) is 30.1. The van der Waals surface area contributed by atoms with Crippen molar-refractivity contribution in [2.75, 3.05) is 13.2 Å². The van der Waals surface area contributed by atoms with E-state index in [1.54, 1.807) is 0 Å². The zero-order chi connectivity index (χ0) is 32.7. The monoisotopic (exact) mass is 620 g/mol. The summed E-state index contributed by atoms with van der Waals surface area (Å²) in [4.78, 5) is 47.1. The summed E-state index contributed by atoms with van der Waals surface area (Å²) < 4.78 is 5.87. The number of carboxylic acid groups (broad SMARTS) is 1. The van der Waals surface area contributed by atoms with Gasteiger partial charge in [-0.2, -0.15) is 0 Å². The third-order valence-corrected chi connectivity index (χ3v) is 7.15. The molecule has 0 aromatic heterocycles. The Bertz CT molecular complexity index is 854. The van der Waals surface area contributed by atoms with Crippen LogP contribution in [0.2, 0.25) is 0 Å². The van der Waals surface area contributed by atoms with E-state index >= 15 is 0 Å². The molecule has 0 aromatic rings. The first-order valence-electron chi connectivity index (χ1n) is 16.9. The van der Waals surface area contributed by atoms with Gasteiger partial charge in [0.2, 0.25) is 11.8 Å². The predicted molar refractivity (Wildman–Crippen MR) is 176 cm³/mol. The van der Waals surface area contributed by atoms with Gasteiger partial charge in [-0.05, 0) is 70.6 Å². The molecule has 2 amide bonds. The number of nitrogens with one attached hydrogen (secondary N) is 2. The Morgan fingerprint density at radius 2 is 1.30 bits per heavy atom. The molecule has 0 aromatic carbocycles. The largest absolute Gasteiger partial charge is 0.480 e. The van der Waals surface area contributed by atoms with Crippen LogP contribution in [0.3, 0.4) is 0 Å². The number of allylic oxidation sites excluding steroid dienone is 6. The van der Waals surface area contributed by atoms with Gasteiger partial charge in [0, 0.05) is 12.8 Å². The second-order valence-corrected chi connectivity index (χ2v) is 11.2. The number of carboxylic acids is 1. The number of esters is 1. The molecule has 2 atom stereocenters. The van der Waals surface area contributed by atoms with Gasteiger partial charge in [0.05, 0.1) is 13.2 Å². The lowest BCUT2D eigenvalue weighted by molar-refractivity contribution is -0.150. The van der Waals surface area contributed by atoms with Crippen molar-refractivity contribution in [1.29, 1.82) is 0 Å². The van der Waals surface area contributed by atoms with Crippen molar-refractivity contribution in [2.45, 2.75) is 148 Å². The number of hydrogen-bond donors (Lipinski definition) is 4. The molecule has 9 heteroatoms. The maximum atomic E-state index is 12.5. The zero-order valence-corrected chi connectivity index (χ0v) is 27.4. The van der Waals surface area contributed by atoms with Gasteiger partial charge in [-0.3, -0.25) is 14.4 Å². The molecule has 0 heterocycles. The average molecular weight is 621 g/mol. The molecule has 2 unspecified atom stereocenters. The van der Waals surface area contributed by atoms with E-state index in [4.69, 9.17) is 14.9 Å². The molecule has 252 valence electrons. The van der Waals surface area contributed by atoms with Gasteiger partial charge in [0.25, 0.3) is 0 Å². The lowest BCUT2D eigenvalue weighted by atomic mass is 10.0. The fourth-order valence-corrected chi connectivity index (χ4v) is 4.55. The number of ether oxygens (including phenoxy) is 1. The topological polar surface area (TPSA) is 142 Å². The maximum absolute atomic E-state index is 12.5. The van der Waals surface area contributed by atoms with Crippen molar-refractivity contribution < 1.29 is 34.1 Å². The summed E-state index contributed by atoms with van der Waals surface area (Å²) in [7, 11) is 0. The second-order valence-electron chi connectivity index (χ2n) is 11.2. The molecule has 9 nitrogen and oxygen atoms in total. The lowest BCUT2D eigenvalue weighted by Crippen LogP contribution is -2.47. The van der Waals surface area contributed by atoms with Gasteiger partial charge in [-0.1, -0.05) is 88.8 Å². The van der Waals surface area contributed by atoms with Crippen LogP contribution in [-0.2, 0) is 23.9 Å². The summed E-state index contributed by atoms with van der Waals surface area (Å²) in [5, 5.41) is 22.4. The Kier molecular flexibility index (Phi) is 28.1. The number of unbranched alkanes of at least 4 members (excludes halogenated alkanes) is 9. The van der Waals surface area contributed by atoms with Gasteiger partial charge < -0.3 is 25.6 Å². The summed E-state index contributed by atoms with van der Waals surface area (Å²) in [5.74, 6) is -2.38. The quantitative estimate of drug-likeness (QED) is 0.0414. The van der Waals surface area contributed by atoms with Crippen molar-refractivity contribution in [3.8, 4) is 0 Å². The Balaban J connectivity index is 4.15. The number of hydrogen-bond acceptors (Lipinski definition) is 6. The van der Waals surface area contributed by atoms with E-state index in [9.17, 15) is 19.2 Å². The minimum Gasteiger partial charge on any atom is -0.480 e. The summed E-state index contributed by atoms with van der Waals surface area (Å²) in [6, 6.07) is -1.39. The molecule has 4 N–H and O–H groups in total. The Morgan fingerprint density at radius 3 is 1.93 bits per heavy atom. The van der Waals surface area contributed by atoms with Crippen molar-refractivity contribution in [2.24, 2.45) is 0 Å². The van der Waals surface area contributed by atoms with E-state index in [0.29, 0.717) is 12.8 Å². The highest BCUT2D eigenvalue weighted by molar-refractivity contribution is 5.87. The molecule has 0 spiro atoms. The molecule has 0 aliphatic rings. The number of aliphatic hydroxyl groups excluding tert-OH is 1. The lowest BCUT2D eigenvalue weighted by Gasteiger charge is -2.18. The molecule has 0 aliphatic carbocycles. The van der Waals surface area contributed by atoms with Gasteiger partial charge in [-0.15, -0.1) is 0 Å². The van der Waals surface area contributed by atoms with Crippen molar-refractivity contribution in [3.05, 3.63) is 36.5 Å². The van der Waals surface area contributed by atoms with Crippen molar-refractivity contribution in [3.63, 3.8) is 0 Å². The molecule has 0 bridgehead atoms. The first-order chi connectivity index (χ1) is 21.3. The number of carbonyl (C=O) groups excluding carboxylic acids is 3. The van der Waals surface area contributed by atoms with E-state index in [1.165, 1.54) is 6.42 Å². The third kappa shape index (κ3) is 26.7. The number of carbonyl (C=O) groups is 4. The number of amides is 2.